The minimum atomic E-state index is -4.53. The van der Waals surface area contributed by atoms with Gasteiger partial charge in [0, 0.05) is 12.0 Å². The summed E-state index contributed by atoms with van der Waals surface area (Å²) in [7, 11) is 0. The first-order valence-corrected chi connectivity index (χ1v) is 10.8. The molecule has 0 saturated carbocycles. The second-order valence-electron chi connectivity index (χ2n) is 8.86. The molecule has 1 amide bonds. The number of hydrazine groups is 1. The van der Waals surface area contributed by atoms with Crippen LogP contribution < -0.4 is 5.43 Å². The molecule has 0 radical (unpaired) electrons. The predicted octanol–water partition coefficient (Wildman–Crippen LogP) is 6.47. The summed E-state index contributed by atoms with van der Waals surface area (Å²) in [5.74, 6) is -0.379. The Labute approximate surface area is 176 Å². The summed E-state index contributed by atoms with van der Waals surface area (Å²) in [5, 5.41) is 2.50. The number of carbonyl (C=O) groups excluding carboxylic acids is 1. The first kappa shape index (κ1) is 22.6. The minimum Gasteiger partial charge on any atom is -0.287 e. The Morgan fingerprint density at radius 3 is 2.40 bits per heavy atom. The van der Waals surface area contributed by atoms with Crippen molar-refractivity contribution in [1.29, 1.82) is 0 Å². The molecule has 1 fully saturated rings. The van der Waals surface area contributed by atoms with Gasteiger partial charge in [-0.05, 0) is 48.6 Å². The number of nitrogens with zero attached hydrogens (tertiary/aromatic N) is 1. The summed E-state index contributed by atoms with van der Waals surface area (Å²) in [6.45, 7) is 5.50. The fourth-order valence-electron chi connectivity index (χ4n) is 4.46. The van der Waals surface area contributed by atoms with Crippen LogP contribution in [-0.4, -0.2) is 22.6 Å². The van der Waals surface area contributed by atoms with Crippen LogP contribution in [-0.2, 0) is 11.2 Å². The molecule has 0 spiro atoms. The quantitative estimate of drug-likeness (QED) is 0.496. The first-order valence-electron chi connectivity index (χ1n) is 10.8. The zero-order valence-corrected chi connectivity index (χ0v) is 18.0. The highest BCUT2D eigenvalue weighted by atomic mass is 19.4. The molecule has 1 heterocycles. The zero-order chi connectivity index (χ0) is 21.9. The summed E-state index contributed by atoms with van der Waals surface area (Å²) in [6, 6.07) is 9.05. The first-order chi connectivity index (χ1) is 14.1. The van der Waals surface area contributed by atoms with Crippen LogP contribution in [0.4, 0.5) is 13.2 Å². The fourth-order valence-corrected chi connectivity index (χ4v) is 4.46. The maximum Gasteiger partial charge on any atom is 0.409 e. The van der Waals surface area contributed by atoms with E-state index in [0.29, 0.717) is 17.4 Å². The molecule has 3 rings (SSSR count). The van der Waals surface area contributed by atoms with E-state index in [1.165, 1.54) is 0 Å². The van der Waals surface area contributed by atoms with Gasteiger partial charge in [0.05, 0.1) is 0 Å². The molecule has 1 unspecified atom stereocenters. The lowest BCUT2D eigenvalue weighted by Gasteiger charge is -2.39. The van der Waals surface area contributed by atoms with Gasteiger partial charge in [0.2, 0.25) is 5.91 Å². The number of unbranched alkanes of at least 4 members (excludes halogenated alkanes) is 4. The van der Waals surface area contributed by atoms with E-state index in [1.807, 2.05) is 24.3 Å². The number of halogens is 3. The lowest BCUT2D eigenvalue weighted by atomic mass is 9.88. The number of hydrogen-bond donors (Lipinski definition) is 1. The maximum absolute atomic E-state index is 14.5. The molecule has 164 valence electrons. The number of aryl methyl sites for hydroxylation is 1. The van der Waals surface area contributed by atoms with E-state index in [1.54, 1.807) is 26.0 Å². The standard InChI is InChI=1S/C24H31F3N2O/c1-4-5-6-7-8-12-18-15-14-17-11-9-10-13-19(17)21(18)22(24(25,26)27)29-23(2,3)16-20(30)28-29/h9-11,13-15,22H,4-8,12,16H2,1-3H3,(H,28,30). The van der Waals surface area contributed by atoms with Crippen molar-refractivity contribution < 1.29 is 18.0 Å². The molecule has 0 aromatic heterocycles. The molecule has 2 aromatic carbocycles. The average Bonchev–Trinajstić information content (AvgIpc) is 2.93. The van der Waals surface area contributed by atoms with Crippen LogP contribution >= 0.6 is 0 Å². The van der Waals surface area contributed by atoms with Crippen LogP contribution in [0.3, 0.4) is 0 Å². The molecule has 1 aliphatic rings. The van der Waals surface area contributed by atoms with Crippen LogP contribution in [0.1, 0.15) is 76.5 Å². The summed E-state index contributed by atoms with van der Waals surface area (Å²) in [4.78, 5) is 12.0. The lowest BCUT2D eigenvalue weighted by Crippen LogP contribution is -2.51. The van der Waals surface area contributed by atoms with E-state index < -0.39 is 17.8 Å². The number of rotatable bonds is 8. The molecule has 0 bridgehead atoms. The van der Waals surface area contributed by atoms with E-state index in [4.69, 9.17) is 0 Å². The molecule has 1 N–H and O–H groups in total. The molecule has 30 heavy (non-hydrogen) atoms. The number of hydrogen-bond acceptors (Lipinski definition) is 2. The largest absolute Gasteiger partial charge is 0.409 e. The summed E-state index contributed by atoms with van der Waals surface area (Å²) in [5.41, 5.74) is 2.54. The third-order valence-corrected chi connectivity index (χ3v) is 5.94. The van der Waals surface area contributed by atoms with Crippen molar-refractivity contribution in [1.82, 2.24) is 10.4 Å². The van der Waals surface area contributed by atoms with Crippen molar-refractivity contribution >= 4 is 16.7 Å². The Morgan fingerprint density at radius 1 is 1.07 bits per heavy atom. The van der Waals surface area contributed by atoms with E-state index in [-0.39, 0.29) is 17.9 Å². The molecule has 6 heteroatoms. The maximum atomic E-state index is 14.5. The Balaban J connectivity index is 2.09. The van der Waals surface area contributed by atoms with Crippen molar-refractivity contribution in [2.75, 3.05) is 0 Å². The van der Waals surface area contributed by atoms with E-state index >= 15 is 0 Å². The molecule has 1 aliphatic heterocycles. The molecule has 0 aliphatic carbocycles. The number of carbonyl (C=O) groups is 1. The fraction of sp³-hybridized carbons (Fsp3) is 0.542. The topological polar surface area (TPSA) is 32.3 Å². The normalized spacial score (nSPS) is 18.0. The van der Waals surface area contributed by atoms with Crippen LogP contribution in [0.25, 0.3) is 10.8 Å². The van der Waals surface area contributed by atoms with Gasteiger partial charge in [-0.2, -0.15) is 18.2 Å². The molecule has 2 aromatic rings. The second kappa shape index (κ2) is 8.96. The summed E-state index contributed by atoms with van der Waals surface area (Å²) >= 11 is 0. The molecular weight excluding hydrogens is 389 g/mol. The lowest BCUT2D eigenvalue weighted by molar-refractivity contribution is -0.203. The third kappa shape index (κ3) is 4.80. The number of fused-ring (bicyclic) bond motifs is 1. The Kier molecular flexibility index (Phi) is 6.75. The van der Waals surface area contributed by atoms with Gasteiger partial charge in [-0.15, -0.1) is 0 Å². The van der Waals surface area contributed by atoms with Gasteiger partial charge in [0.15, 0.2) is 6.04 Å². The minimum absolute atomic E-state index is 0.0384. The highest BCUT2D eigenvalue weighted by Gasteiger charge is 2.53. The molecular formula is C24H31F3N2O. The van der Waals surface area contributed by atoms with Crippen LogP contribution in [0.15, 0.2) is 36.4 Å². The van der Waals surface area contributed by atoms with Crippen LogP contribution in [0, 0.1) is 0 Å². The van der Waals surface area contributed by atoms with Crippen molar-refractivity contribution in [2.45, 2.75) is 83.5 Å². The summed E-state index contributed by atoms with van der Waals surface area (Å²) in [6.07, 6.45) is 1.32. The highest BCUT2D eigenvalue weighted by Crippen LogP contribution is 2.46. The number of nitrogens with one attached hydrogen (secondary N) is 1. The van der Waals surface area contributed by atoms with Crippen LogP contribution in [0.5, 0.6) is 0 Å². The van der Waals surface area contributed by atoms with Gasteiger partial charge in [-0.25, -0.2) is 0 Å². The second-order valence-corrected chi connectivity index (χ2v) is 8.86. The summed E-state index contributed by atoms with van der Waals surface area (Å²) < 4.78 is 43.6. The van der Waals surface area contributed by atoms with Gasteiger partial charge in [-0.1, -0.05) is 69.0 Å². The van der Waals surface area contributed by atoms with Gasteiger partial charge in [0.1, 0.15) is 0 Å². The van der Waals surface area contributed by atoms with Crippen LogP contribution in [0.2, 0.25) is 0 Å². The Morgan fingerprint density at radius 2 is 1.77 bits per heavy atom. The van der Waals surface area contributed by atoms with Crippen molar-refractivity contribution in [3.05, 3.63) is 47.5 Å². The number of benzene rings is 2. The third-order valence-electron chi connectivity index (χ3n) is 5.94. The number of alkyl halides is 3. The smallest absolute Gasteiger partial charge is 0.287 e. The van der Waals surface area contributed by atoms with Crippen molar-refractivity contribution in [3.8, 4) is 0 Å². The van der Waals surface area contributed by atoms with E-state index in [9.17, 15) is 18.0 Å². The van der Waals surface area contributed by atoms with Gasteiger partial charge in [0.25, 0.3) is 0 Å². The molecule has 3 nitrogen and oxygen atoms in total. The van der Waals surface area contributed by atoms with Gasteiger partial charge < -0.3 is 0 Å². The Hall–Kier alpha value is -2.08. The average molecular weight is 421 g/mol. The molecule has 1 atom stereocenters. The van der Waals surface area contributed by atoms with Gasteiger partial charge in [-0.3, -0.25) is 10.2 Å². The Bertz CT molecular complexity index is 892. The SMILES string of the molecule is CCCCCCCc1ccc2ccccc2c1C(N1NC(=O)CC1(C)C)C(F)(F)F. The monoisotopic (exact) mass is 420 g/mol. The molecule has 1 saturated heterocycles. The van der Waals surface area contributed by atoms with E-state index in [2.05, 4.69) is 12.3 Å². The van der Waals surface area contributed by atoms with Crippen molar-refractivity contribution in [2.24, 2.45) is 0 Å². The number of amides is 1. The zero-order valence-electron chi connectivity index (χ0n) is 18.0. The van der Waals surface area contributed by atoms with E-state index in [0.717, 1.165) is 42.5 Å². The van der Waals surface area contributed by atoms with Gasteiger partial charge >= 0.3 is 6.18 Å². The predicted molar refractivity (Wildman–Crippen MR) is 114 cm³/mol. The highest BCUT2D eigenvalue weighted by molar-refractivity contribution is 5.87. The van der Waals surface area contributed by atoms with Crippen molar-refractivity contribution in [3.63, 3.8) is 0 Å².